The summed E-state index contributed by atoms with van der Waals surface area (Å²) in [6.07, 6.45) is 0. The van der Waals surface area contributed by atoms with Crippen molar-refractivity contribution in [2.24, 2.45) is 0 Å². The summed E-state index contributed by atoms with van der Waals surface area (Å²) in [5, 5.41) is 6.08. The minimum atomic E-state index is -0.652. The van der Waals surface area contributed by atoms with Gasteiger partial charge in [0.25, 0.3) is 5.91 Å². The van der Waals surface area contributed by atoms with E-state index in [0.717, 1.165) is 17.6 Å². The number of anilines is 1. The SMILES string of the molecule is COC(=O)c1ccc(F)c(NC(=O)c2snnc2C)c1. The lowest BCUT2D eigenvalue weighted by Gasteiger charge is -2.07. The molecule has 1 aromatic heterocycles. The highest BCUT2D eigenvalue weighted by Gasteiger charge is 2.16. The molecule has 0 saturated carbocycles. The van der Waals surface area contributed by atoms with Crippen LogP contribution in [0.15, 0.2) is 18.2 Å². The lowest BCUT2D eigenvalue weighted by atomic mass is 10.2. The molecule has 0 atom stereocenters. The Morgan fingerprint density at radius 1 is 1.40 bits per heavy atom. The Bertz CT molecular complexity index is 672. The van der Waals surface area contributed by atoms with Crippen molar-refractivity contribution in [1.29, 1.82) is 0 Å². The minimum Gasteiger partial charge on any atom is -0.465 e. The molecule has 1 aromatic carbocycles. The number of methoxy groups -OCH3 is 1. The van der Waals surface area contributed by atoms with Gasteiger partial charge in [0.05, 0.1) is 24.1 Å². The zero-order chi connectivity index (χ0) is 14.7. The number of aromatic nitrogens is 2. The lowest BCUT2D eigenvalue weighted by molar-refractivity contribution is 0.0600. The van der Waals surface area contributed by atoms with E-state index >= 15 is 0 Å². The van der Waals surface area contributed by atoms with E-state index in [2.05, 4.69) is 19.6 Å². The van der Waals surface area contributed by atoms with Crippen molar-refractivity contribution in [3.63, 3.8) is 0 Å². The molecule has 1 amide bonds. The van der Waals surface area contributed by atoms with Gasteiger partial charge in [-0.1, -0.05) is 4.49 Å². The number of benzene rings is 1. The summed E-state index contributed by atoms with van der Waals surface area (Å²) < 4.78 is 21.8. The molecule has 0 bridgehead atoms. The molecule has 8 heteroatoms. The third-order valence-electron chi connectivity index (χ3n) is 2.49. The Hall–Kier alpha value is -2.35. The summed E-state index contributed by atoms with van der Waals surface area (Å²) in [4.78, 5) is 23.6. The zero-order valence-corrected chi connectivity index (χ0v) is 11.5. The van der Waals surface area contributed by atoms with Gasteiger partial charge in [-0.15, -0.1) is 5.10 Å². The first kappa shape index (κ1) is 14.1. The van der Waals surface area contributed by atoms with Crippen LogP contribution in [0.2, 0.25) is 0 Å². The fourth-order valence-corrected chi connectivity index (χ4v) is 2.04. The molecule has 20 heavy (non-hydrogen) atoms. The van der Waals surface area contributed by atoms with E-state index in [9.17, 15) is 14.0 Å². The van der Waals surface area contributed by atoms with E-state index in [1.807, 2.05) is 0 Å². The molecule has 0 radical (unpaired) electrons. The van der Waals surface area contributed by atoms with Gasteiger partial charge >= 0.3 is 5.97 Å². The number of esters is 1. The summed E-state index contributed by atoms with van der Waals surface area (Å²) in [6.45, 7) is 1.62. The molecule has 0 aliphatic rings. The molecular weight excluding hydrogens is 285 g/mol. The largest absolute Gasteiger partial charge is 0.465 e. The number of halogens is 1. The highest BCUT2D eigenvalue weighted by molar-refractivity contribution is 7.08. The van der Waals surface area contributed by atoms with Gasteiger partial charge in [0, 0.05) is 0 Å². The first-order valence-corrected chi connectivity index (χ1v) is 6.28. The Labute approximate surface area is 117 Å². The molecule has 2 rings (SSSR count). The number of nitrogens with zero attached hydrogens (tertiary/aromatic N) is 2. The number of ether oxygens (including phenoxy) is 1. The fourth-order valence-electron chi connectivity index (χ4n) is 1.48. The monoisotopic (exact) mass is 295 g/mol. The van der Waals surface area contributed by atoms with Crippen LogP contribution < -0.4 is 5.32 Å². The van der Waals surface area contributed by atoms with E-state index in [0.29, 0.717) is 5.69 Å². The number of hydrogen-bond donors (Lipinski definition) is 1. The predicted octanol–water partition coefficient (Wildman–Crippen LogP) is 2.02. The van der Waals surface area contributed by atoms with E-state index in [1.165, 1.54) is 19.2 Å². The molecule has 0 saturated heterocycles. The van der Waals surface area contributed by atoms with Gasteiger partial charge < -0.3 is 10.1 Å². The van der Waals surface area contributed by atoms with Crippen LogP contribution >= 0.6 is 11.5 Å². The van der Waals surface area contributed by atoms with Gasteiger partial charge in [0.15, 0.2) is 0 Å². The average molecular weight is 295 g/mol. The molecule has 6 nitrogen and oxygen atoms in total. The maximum atomic E-state index is 13.6. The Balaban J connectivity index is 2.27. The number of carbonyl (C=O) groups excluding carboxylic acids is 2. The maximum Gasteiger partial charge on any atom is 0.337 e. The average Bonchev–Trinajstić information content (AvgIpc) is 2.86. The highest BCUT2D eigenvalue weighted by Crippen LogP contribution is 2.19. The fraction of sp³-hybridized carbons (Fsp3) is 0.167. The molecule has 0 fully saturated rings. The molecule has 0 aliphatic heterocycles. The highest BCUT2D eigenvalue weighted by atomic mass is 32.1. The number of aryl methyl sites for hydroxylation is 1. The van der Waals surface area contributed by atoms with Crippen LogP contribution in [0.25, 0.3) is 0 Å². The Kier molecular flexibility index (Phi) is 4.04. The van der Waals surface area contributed by atoms with Crippen LogP contribution in [0.3, 0.4) is 0 Å². The van der Waals surface area contributed by atoms with E-state index in [4.69, 9.17) is 0 Å². The number of carbonyl (C=O) groups is 2. The second-order valence-electron chi connectivity index (χ2n) is 3.83. The standard InChI is InChI=1S/C12H10FN3O3S/c1-6-10(20-16-15-6)11(17)14-9-5-7(12(18)19-2)3-4-8(9)13/h3-5H,1-2H3,(H,14,17). The van der Waals surface area contributed by atoms with Crippen molar-refractivity contribution in [2.45, 2.75) is 6.92 Å². The first-order valence-electron chi connectivity index (χ1n) is 5.51. The molecule has 104 valence electrons. The summed E-state index contributed by atoms with van der Waals surface area (Å²) >= 11 is 0.911. The van der Waals surface area contributed by atoms with Crippen molar-refractivity contribution < 1.29 is 18.7 Å². The minimum absolute atomic E-state index is 0.106. The van der Waals surface area contributed by atoms with Crippen LogP contribution in [0.4, 0.5) is 10.1 Å². The predicted molar refractivity (Wildman–Crippen MR) is 70.3 cm³/mol. The first-order chi connectivity index (χ1) is 9.52. The van der Waals surface area contributed by atoms with E-state index in [1.54, 1.807) is 6.92 Å². The van der Waals surface area contributed by atoms with Gasteiger partial charge in [-0.25, -0.2) is 9.18 Å². The quantitative estimate of drug-likeness (QED) is 0.876. The van der Waals surface area contributed by atoms with Crippen molar-refractivity contribution in [2.75, 3.05) is 12.4 Å². The third-order valence-corrected chi connectivity index (χ3v) is 3.32. The van der Waals surface area contributed by atoms with Gasteiger partial charge in [-0.3, -0.25) is 4.79 Å². The smallest absolute Gasteiger partial charge is 0.337 e. The summed E-state index contributed by atoms with van der Waals surface area (Å²) in [5.41, 5.74) is 0.492. The Morgan fingerprint density at radius 3 is 2.75 bits per heavy atom. The molecule has 2 aromatic rings. The lowest BCUT2D eigenvalue weighted by Crippen LogP contribution is -2.13. The van der Waals surface area contributed by atoms with Crippen molar-refractivity contribution in [3.8, 4) is 0 Å². The zero-order valence-electron chi connectivity index (χ0n) is 10.6. The molecule has 0 unspecified atom stereocenters. The van der Waals surface area contributed by atoms with E-state index in [-0.39, 0.29) is 16.1 Å². The summed E-state index contributed by atoms with van der Waals surface area (Å²) in [6, 6.07) is 3.57. The maximum absolute atomic E-state index is 13.6. The van der Waals surface area contributed by atoms with E-state index < -0.39 is 17.7 Å². The Morgan fingerprint density at radius 2 is 2.15 bits per heavy atom. The number of amides is 1. The summed E-state index contributed by atoms with van der Waals surface area (Å²) in [5.74, 6) is -1.80. The van der Waals surface area contributed by atoms with Crippen LogP contribution in [-0.4, -0.2) is 28.6 Å². The third kappa shape index (κ3) is 2.80. The van der Waals surface area contributed by atoms with Gasteiger partial charge in [-0.05, 0) is 36.7 Å². The van der Waals surface area contributed by atoms with Gasteiger partial charge in [0.2, 0.25) is 0 Å². The van der Waals surface area contributed by atoms with Crippen molar-refractivity contribution >= 4 is 29.1 Å². The molecule has 1 N–H and O–H groups in total. The van der Waals surface area contributed by atoms with Crippen LogP contribution in [-0.2, 0) is 4.74 Å². The number of hydrogen-bond acceptors (Lipinski definition) is 6. The van der Waals surface area contributed by atoms with Crippen LogP contribution in [0.5, 0.6) is 0 Å². The number of rotatable bonds is 3. The second-order valence-corrected chi connectivity index (χ2v) is 4.58. The van der Waals surface area contributed by atoms with Crippen molar-refractivity contribution in [1.82, 2.24) is 9.59 Å². The normalized spacial score (nSPS) is 10.2. The molecule has 0 spiro atoms. The molecular formula is C12H10FN3O3S. The number of nitrogens with one attached hydrogen (secondary N) is 1. The van der Waals surface area contributed by atoms with Crippen LogP contribution in [0, 0.1) is 12.7 Å². The molecule has 0 aliphatic carbocycles. The van der Waals surface area contributed by atoms with Gasteiger partial charge in [-0.2, -0.15) is 0 Å². The van der Waals surface area contributed by atoms with Gasteiger partial charge in [0.1, 0.15) is 10.7 Å². The molecule has 1 heterocycles. The van der Waals surface area contributed by atoms with Crippen molar-refractivity contribution in [3.05, 3.63) is 40.2 Å². The topological polar surface area (TPSA) is 81.2 Å². The van der Waals surface area contributed by atoms with Crippen LogP contribution in [0.1, 0.15) is 25.7 Å². The second kappa shape index (κ2) is 5.74. The summed E-state index contributed by atoms with van der Waals surface area (Å²) in [7, 11) is 1.22.